The maximum absolute atomic E-state index is 13.1. The van der Waals surface area contributed by atoms with Gasteiger partial charge < -0.3 is 19.9 Å². The Morgan fingerprint density at radius 2 is 1.74 bits per heavy atom. The van der Waals surface area contributed by atoms with Crippen LogP contribution in [0.3, 0.4) is 0 Å². The van der Waals surface area contributed by atoms with Crippen molar-refractivity contribution in [3.05, 3.63) is 58.2 Å². The molecule has 1 heterocycles. The highest BCUT2D eigenvalue weighted by Crippen LogP contribution is 2.47. The van der Waals surface area contributed by atoms with E-state index < -0.39 is 17.4 Å². The zero-order valence-electron chi connectivity index (χ0n) is 21.4. The van der Waals surface area contributed by atoms with Gasteiger partial charge in [0.05, 0.1) is 12.0 Å². The average molecular weight is 480 g/mol. The van der Waals surface area contributed by atoms with Gasteiger partial charge in [0.1, 0.15) is 18.1 Å². The van der Waals surface area contributed by atoms with Crippen molar-refractivity contribution in [3.8, 4) is 11.5 Å². The van der Waals surface area contributed by atoms with E-state index in [4.69, 9.17) is 14.6 Å². The summed E-state index contributed by atoms with van der Waals surface area (Å²) in [5, 5.41) is 11.9. The van der Waals surface area contributed by atoms with Crippen LogP contribution in [0.1, 0.15) is 70.7 Å². The first kappa shape index (κ1) is 26.0. The van der Waals surface area contributed by atoms with Gasteiger partial charge in [-0.25, -0.2) is 0 Å². The average Bonchev–Trinajstić information content (AvgIpc) is 2.70. The predicted octanol–water partition coefficient (Wildman–Crippen LogP) is 5.25. The minimum Gasteiger partial charge on any atom is -0.488 e. The first-order chi connectivity index (χ1) is 16.2. The van der Waals surface area contributed by atoms with Crippen LogP contribution < -0.4 is 14.8 Å². The van der Waals surface area contributed by atoms with Crippen molar-refractivity contribution in [1.82, 2.24) is 0 Å². The van der Waals surface area contributed by atoms with E-state index in [2.05, 4.69) is 5.32 Å². The molecule has 1 aliphatic heterocycles. The maximum atomic E-state index is 13.1. The van der Waals surface area contributed by atoms with Crippen LogP contribution in [0, 0.1) is 0 Å². The van der Waals surface area contributed by atoms with Crippen molar-refractivity contribution in [1.29, 1.82) is 0 Å². The van der Waals surface area contributed by atoms with Gasteiger partial charge in [-0.2, -0.15) is 0 Å². The quantitative estimate of drug-likeness (QED) is 0.449. The number of hydrogen-bond acceptors (Lipinski definition) is 5. The Labute approximate surface area is 206 Å². The number of rotatable bonds is 5. The fraction of sp³-hybridized carbons (Fsp3) is 0.393. The molecule has 0 saturated heterocycles. The summed E-state index contributed by atoms with van der Waals surface area (Å²) < 4.78 is 11.8. The first-order valence-electron chi connectivity index (χ1n) is 11.5. The first-order valence-corrected chi connectivity index (χ1v) is 11.5. The molecule has 0 unspecified atom stereocenters. The summed E-state index contributed by atoms with van der Waals surface area (Å²) in [7, 11) is 0. The molecular weight excluding hydrogens is 446 g/mol. The Bertz CT molecular complexity index is 1210. The minimum absolute atomic E-state index is 0.0771. The van der Waals surface area contributed by atoms with E-state index in [9.17, 15) is 14.4 Å². The van der Waals surface area contributed by atoms with Crippen molar-refractivity contribution < 1.29 is 29.0 Å². The van der Waals surface area contributed by atoms with E-state index in [0.29, 0.717) is 33.9 Å². The number of amides is 1. The van der Waals surface area contributed by atoms with Gasteiger partial charge in [0.15, 0.2) is 0 Å². The van der Waals surface area contributed by atoms with Gasteiger partial charge in [0.25, 0.3) is 5.91 Å². The second-order valence-electron chi connectivity index (χ2n) is 10.8. The zero-order chi connectivity index (χ0) is 26.1. The van der Waals surface area contributed by atoms with Gasteiger partial charge in [0.2, 0.25) is 0 Å². The highest BCUT2D eigenvalue weighted by atomic mass is 16.5. The van der Waals surface area contributed by atoms with Crippen LogP contribution in [0.4, 0.5) is 5.69 Å². The molecule has 186 valence electrons. The smallest absolute Gasteiger partial charge is 0.308 e. The molecule has 3 rings (SSSR count). The van der Waals surface area contributed by atoms with E-state index in [1.54, 1.807) is 30.3 Å². The Balaban J connectivity index is 2.08. The third kappa shape index (κ3) is 6.10. The topological polar surface area (TPSA) is 102 Å². The molecule has 1 amide bonds. The number of carboxylic acid groups (broad SMARTS) is 1. The third-order valence-corrected chi connectivity index (χ3v) is 5.62. The molecule has 0 radical (unpaired) electrons. The molecule has 7 heteroatoms. The van der Waals surface area contributed by atoms with Crippen molar-refractivity contribution in [2.75, 3.05) is 11.9 Å². The number of aliphatic carboxylic acids is 1. The molecule has 2 aromatic carbocycles. The molecule has 0 atom stereocenters. The molecule has 1 aliphatic rings. The zero-order valence-corrected chi connectivity index (χ0v) is 21.4. The summed E-state index contributed by atoms with van der Waals surface area (Å²) in [4.78, 5) is 36.2. The Morgan fingerprint density at radius 3 is 2.31 bits per heavy atom. The van der Waals surface area contributed by atoms with Crippen molar-refractivity contribution in [2.45, 2.75) is 65.7 Å². The lowest BCUT2D eigenvalue weighted by Crippen LogP contribution is -2.26. The number of hydrogen-bond donors (Lipinski definition) is 2. The molecule has 0 bridgehead atoms. The molecule has 0 aromatic heterocycles. The molecule has 0 saturated carbocycles. The van der Waals surface area contributed by atoms with Gasteiger partial charge >= 0.3 is 11.9 Å². The van der Waals surface area contributed by atoms with E-state index >= 15 is 0 Å². The van der Waals surface area contributed by atoms with Crippen molar-refractivity contribution >= 4 is 29.6 Å². The van der Waals surface area contributed by atoms with Crippen LogP contribution in [0.2, 0.25) is 0 Å². The van der Waals surface area contributed by atoms with E-state index in [-0.39, 0.29) is 24.3 Å². The Hall–Kier alpha value is -3.61. The highest BCUT2D eigenvalue weighted by molar-refractivity contribution is 6.08. The fourth-order valence-electron chi connectivity index (χ4n) is 4.12. The van der Waals surface area contributed by atoms with Gasteiger partial charge in [-0.1, -0.05) is 53.7 Å². The molecule has 0 fully saturated rings. The third-order valence-electron chi connectivity index (χ3n) is 5.62. The Kier molecular flexibility index (Phi) is 7.11. The van der Waals surface area contributed by atoms with Crippen LogP contribution in [-0.2, 0) is 31.6 Å². The molecule has 0 spiro atoms. The largest absolute Gasteiger partial charge is 0.488 e. The summed E-state index contributed by atoms with van der Waals surface area (Å²) in [6.45, 7) is 13.7. The standard InChI is InChI=1S/C28H33NO6/c1-16(30)35-25-21(27(2,3)4)14-22-20(24(25)28(5,6)7)13-18(15-34-22)26(33)29-19-10-8-9-17(11-19)12-23(31)32/h8-11,13-14H,12,15H2,1-7H3,(H,29,33)(H,31,32). The molecule has 2 N–H and O–H groups in total. The summed E-state index contributed by atoms with van der Waals surface area (Å²) in [6.07, 6.45) is 1.65. The summed E-state index contributed by atoms with van der Waals surface area (Å²) in [5.41, 5.74) is 3.12. The number of ether oxygens (including phenoxy) is 2. The summed E-state index contributed by atoms with van der Waals surface area (Å²) >= 11 is 0. The lowest BCUT2D eigenvalue weighted by atomic mass is 9.76. The van der Waals surface area contributed by atoms with Gasteiger partial charge in [-0.15, -0.1) is 0 Å². The molecule has 2 aromatic rings. The SMILES string of the molecule is CC(=O)Oc1c(C(C)(C)C)cc2c(c1C(C)(C)C)C=C(C(=O)Nc1cccc(CC(=O)O)c1)CO2. The van der Waals surface area contributed by atoms with Crippen LogP contribution in [0.25, 0.3) is 6.08 Å². The maximum Gasteiger partial charge on any atom is 0.308 e. The number of esters is 1. The fourth-order valence-corrected chi connectivity index (χ4v) is 4.12. The van der Waals surface area contributed by atoms with Crippen LogP contribution >= 0.6 is 0 Å². The number of fused-ring (bicyclic) bond motifs is 1. The summed E-state index contributed by atoms with van der Waals surface area (Å²) in [5.74, 6) is -0.575. The van der Waals surface area contributed by atoms with E-state index in [1.807, 2.05) is 47.6 Å². The number of carbonyl (C=O) groups excluding carboxylic acids is 2. The highest BCUT2D eigenvalue weighted by Gasteiger charge is 2.34. The normalized spacial score (nSPS) is 13.3. The molecular formula is C28H33NO6. The van der Waals surface area contributed by atoms with Crippen molar-refractivity contribution in [3.63, 3.8) is 0 Å². The second kappa shape index (κ2) is 9.56. The number of carbonyl (C=O) groups is 3. The van der Waals surface area contributed by atoms with Crippen LogP contribution in [-0.4, -0.2) is 29.6 Å². The van der Waals surface area contributed by atoms with Gasteiger partial charge in [-0.3, -0.25) is 14.4 Å². The van der Waals surface area contributed by atoms with Gasteiger partial charge in [-0.05, 0) is 40.7 Å². The van der Waals surface area contributed by atoms with E-state index in [0.717, 1.165) is 11.1 Å². The monoisotopic (exact) mass is 479 g/mol. The minimum atomic E-state index is -0.943. The molecule has 35 heavy (non-hydrogen) atoms. The Morgan fingerprint density at radius 1 is 1.06 bits per heavy atom. The number of benzene rings is 2. The van der Waals surface area contributed by atoms with Crippen LogP contribution in [0.5, 0.6) is 11.5 Å². The summed E-state index contributed by atoms with van der Waals surface area (Å²) in [6, 6.07) is 8.63. The lowest BCUT2D eigenvalue weighted by molar-refractivity contribution is -0.136. The molecule has 0 aliphatic carbocycles. The number of anilines is 1. The molecule has 7 nitrogen and oxygen atoms in total. The van der Waals surface area contributed by atoms with Gasteiger partial charge in [0, 0.05) is 29.3 Å². The van der Waals surface area contributed by atoms with Crippen molar-refractivity contribution in [2.24, 2.45) is 0 Å². The number of carboxylic acids is 1. The second-order valence-corrected chi connectivity index (χ2v) is 10.8. The predicted molar refractivity (Wildman–Crippen MR) is 135 cm³/mol. The van der Waals surface area contributed by atoms with Crippen LogP contribution in [0.15, 0.2) is 35.9 Å². The number of nitrogens with one attached hydrogen (secondary N) is 1. The van der Waals surface area contributed by atoms with E-state index in [1.165, 1.54) is 6.92 Å². The lowest BCUT2D eigenvalue weighted by Gasteiger charge is -2.33.